The quantitative estimate of drug-likeness (QED) is 0.707. The van der Waals surface area contributed by atoms with Crippen molar-refractivity contribution in [3.63, 3.8) is 0 Å². The summed E-state index contributed by atoms with van der Waals surface area (Å²) in [6.45, 7) is 0.168. The van der Waals surface area contributed by atoms with E-state index in [-0.39, 0.29) is 18.2 Å². The van der Waals surface area contributed by atoms with E-state index < -0.39 is 45.1 Å². The zero-order valence-corrected chi connectivity index (χ0v) is 16.0. The molecule has 0 atom stereocenters. The molecule has 30 heavy (non-hydrogen) atoms. The molecule has 1 aliphatic rings. The van der Waals surface area contributed by atoms with Gasteiger partial charge in [0.1, 0.15) is 0 Å². The van der Waals surface area contributed by atoms with Crippen molar-refractivity contribution < 1.29 is 39.6 Å². The van der Waals surface area contributed by atoms with E-state index in [0.29, 0.717) is 29.8 Å². The molecule has 1 N–H and O–H groups in total. The lowest BCUT2D eigenvalue weighted by atomic mass is 10.1. The number of hydrogen-bond acceptors (Lipinski definition) is 3. The van der Waals surface area contributed by atoms with Crippen molar-refractivity contribution in [2.45, 2.75) is 18.8 Å². The summed E-state index contributed by atoms with van der Waals surface area (Å²) in [6.07, 6.45) is -8.74. The molecule has 0 unspecified atom stereocenters. The van der Waals surface area contributed by atoms with Crippen LogP contribution in [-0.4, -0.2) is 27.1 Å². The smallest absolute Gasteiger partial charge is 0.322 e. The molecule has 0 radical (unpaired) electrons. The second-order valence-electron chi connectivity index (χ2n) is 6.68. The van der Waals surface area contributed by atoms with Crippen molar-refractivity contribution in [1.82, 2.24) is 0 Å². The highest BCUT2D eigenvalue weighted by molar-refractivity contribution is 7.92. The molecule has 5 nitrogen and oxygen atoms in total. The van der Waals surface area contributed by atoms with Crippen molar-refractivity contribution in [3.8, 4) is 0 Å². The number of amides is 1. The maximum Gasteiger partial charge on any atom is 0.416 e. The average molecular weight is 452 g/mol. The number of carbonyl (C=O) groups excluding carboxylic acids is 1. The van der Waals surface area contributed by atoms with E-state index in [1.165, 1.54) is 18.2 Å². The van der Waals surface area contributed by atoms with Gasteiger partial charge in [0.25, 0.3) is 5.91 Å². The van der Waals surface area contributed by atoms with Crippen molar-refractivity contribution in [2.24, 2.45) is 0 Å². The lowest BCUT2D eigenvalue weighted by Crippen LogP contribution is -2.27. The van der Waals surface area contributed by atoms with Crippen molar-refractivity contribution in [3.05, 3.63) is 58.7 Å². The van der Waals surface area contributed by atoms with Crippen LogP contribution in [0.4, 0.5) is 37.7 Å². The summed E-state index contributed by atoms with van der Waals surface area (Å²) < 4.78 is 102. The topological polar surface area (TPSA) is 66.5 Å². The maximum absolute atomic E-state index is 12.9. The first kappa shape index (κ1) is 21.9. The second-order valence-corrected chi connectivity index (χ2v) is 8.58. The largest absolute Gasteiger partial charge is 0.416 e. The minimum atomic E-state index is -5.04. The van der Waals surface area contributed by atoms with Crippen molar-refractivity contribution in [2.75, 3.05) is 22.4 Å². The average Bonchev–Trinajstić information content (AvgIpc) is 3.03. The molecule has 2 aromatic rings. The lowest BCUT2D eigenvalue weighted by molar-refractivity contribution is -0.143. The van der Waals surface area contributed by atoms with E-state index in [1.807, 2.05) is 5.32 Å². The molecule has 1 heterocycles. The van der Waals surface area contributed by atoms with E-state index >= 15 is 0 Å². The first-order valence-corrected chi connectivity index (χ1v) is 10.2. The first-order valence-electron chi connectivity index (χ1n) is 8.38. The van der Waals surface area contributed by atoms with Gasteiger partial charge >= 0.3 is 12.4 Å². The van der Waals surface area contributed by atoms with Crippen molar-refractivity contribution in [1.29, 1.82) is 0 Å². The van der Waals surface area contributed by atoms with Gasteiger partial charge in [0.2, 0.25) is 10.0 Å². The van der Waals surface area contributed by atoms with Crippen LogP contribution in [0.3, 0.4) is 0 Å². The zero-order chi connectivity index (χ0) is 22.5. The van der Waals surface area contributed by atoms with Crippen LogP contribution in [-0.2, 0) is 28.8 Å². The fraction of sp³-hybridized carbons (Fsp3) is 0.278. The van der Waals surface area contributed by atoms with Crippen LogP contribution in [0.15, 0.2) is 36.4 Å². The van der Waals surface area contributed by atoms with Crippen LogP contribution in [0.25, 0.3) is 0 Å². The highest BCUT2D eigenvalue weighted by atomic mass is 32.2. The highest BCUT2D eigenvalue weighted by Crippen LogP contribution is 2.38. The Morgan fingerprint density at radius 2 is 1.53 bits per heavy atom. The number of nitrogens with one attached hydrogen (secondary N) is 1. The van der Waals surface area contributed by atoms with Gasteiger partial charge in [-0.05, 0) is 48.4 Å². The van der Waals surface area contributed by atoms with E-state index in [0.717, 1.165) is 10.6 Å². The van der Waals surface area contributed by atoms with E-state index in [2.05, 4.69) is 0 Å². The Hall–Kier alpha value is -2.76. The van der Waals surface area contributed by atoms with E-state index in [1.54, 1.807) is 0 Å². The van der Waals surface area contributed by atoms with Crippen LogP contribution >= 0.6 is 0 Å². The third kappa shape index (κ3) is 4.53. The third-order valence-electron chi connectivity index (χ3n) is 4.44. The Labute approximate surface area is 167 Å². The molecular formula is C18H14F6N2O3S. The van der Waals surface area contributed by atoms with Crippen LogP contribution in [0.5, 0.6) is 0 Å². The fourth-order valence-corrected chi connectivity index (χ4v) is 4.05. The predicted molar refractivity (Wildman–Crippen MR) is 96.7 cm³/mol. The summed E-state index contributed by atoms with van der Waals surface area (Å²) in [5.41, 5.74) is -2.91. The molecule has 162 valence electrons. The number of fused-ring (bicyclic) bond motifs is 1. The summed E-state index contributed by atoms with van der Waals surface area (Å²) in [5, 5.41) is 2.05. The van der Waals surface area contributed by atoms with Crippen LogP contribution in [0.2, 0.25) is 0 Å². The Kier molecular flexibility index (Phi) is 5.25. The molecule has 1 aliphatic heterocycles. The Bertz CT molecular complexity index is 1080. The van der Waals surface area contributed by atoms with Gasteiger partial charge in [0.15, 0.2) is 0 Å². The summed E-state index contributed by atoms with van der Waals surface area (Å²) in [5.74, 6) is -0.928. The Morgan fingerprint density at radius 3 is 2.03 bits per heavy atom. The molecule has 0 fully saturated rings. The van der Waals surface area contributed by atoms with Gasteiger partial charge in [-0.3, -0.25) is 9.10 Å². The normalized spacial score (nSPS) is 14.6. The van der Waals surface area contributed by atoms with Gasteiger partial charge in [-0.1, -0.05) is 0 Å². The Morgan fingerprint density at radius 1 is 0.967 bits per heavy atom. The molecule has 0 saturated heterocycles. The summed E-state index contributed by atoms with van der Waals surface area (Å²) >= 11 is 0. The Balaban J connectivity index is 1.92. The lowest BCUT2D eigenvalue weighted by Gasteiger charge is -2.17. The molecular weight excluding hydrogens is 438 g/mol. The maximum atomic E-state index is 12.9. The molecule has 0 aromatic heterocycles. The van der Waals surface area contributed by atoms with Gasteiger partial charge in [-0.2, -0.15) is 26.3 Å². The summed E-state index contributed by atoms with van der Waals surface area (Å²) in [6, 6.07) is 4.75. The van der Waals surface area contributed by atoms with Gasteiger partial charge in [0.05, 0.1) is 23.1 Å². The number of benzene rings is 2. The SMILES string of the molecule is CS(=O)(=O)N1CCc2cc(C(=O)Nc3cc(C(F)(F)F)cc(C(F)(F)F)c3)ccc21. The van der Waals surface area contributed by atoms with Gasteiger partial charge in [0, 0.05) is 17.8 Å². The summed E-state index contributed by atoms with van der Waals surface area (Å²) in [7, 11) is -3.52. The fourth-order valence-electron chi connectivity index (χ4n) is 3.09. The third-order valence-corrected chi connectivity index (χ3v) is 5.62. The standard InChI is InChI=1S/C18H14F6N2O3S/c1-30(28,29)26-5-4-10-6-11(2-3-15(10)26)16(27)25-14-8-12(17(19,20)21)7-13(9-14)18(22,23)24/h2-3,6-9H,4-5H2,1H3,(H,25,27). The number of hydrogen-bond donors (Lipinski definition) is 1. The molecule has 0 bridgehead atoms. The van der Waals surface area contributed by atoms with Crippen molar-refractivity contribution >= 4 is 27.3 Å². The number of carbonyl (C=O) groups is 1. The van der Waals surface area contributed by atoms with Gasteiger partial charge in [-0.15, -0.1) is 0 Å². The molecule has 3 rings (SSSR count). The highest BCUT2D eigenvalue weighted by Gasteiger charge is 2.37. The molecule has 2 aromatic carbocycles. The van der Waals surface area contributed by atoms with E-state index in [4.69, 9.17) is 0 Å². The molecule has 12 heteroatoms. The van der Waals surface area contributed by atoms with Crippen LogP contribution in [0, 0.1) is 0 Å². The van der Waals surface area contributed by atoms with E-state index in [9.17, 15) is 39.6 Å². The molecule has 0 saturated carbocycles. The molecule has 0 aliphatic carbocycles. The van der Waals surface area contributed by atoms with Crippen LogP contribution < -0.4 is 9.62 Å². The monoisotopic (exact) mass is 452 g/mol. The van der Waals surface area contributed by atoms with Crippen LogP contribution in [0.1, 0.15) is 27.0 Å². The molecule has 0 spiro atoms. The number of halogens is 6. The number of rotatable bonds is 3. The number of alkyl halides is 6. The zero-order valence-electron chi connectivity index (χ0n) is 15.2. The number of nitrogens with zero attached hydrogens (tertiary/aromatic N) is 1. The number of anilines is 2. The summed E-state index contributed by atoms with van der Waals surface area (Å²) in [4.78, 5) is 12.4. The minimum Gasteiger partial charge on any atom is -0.322 e. The minimum absolute atomic E-state index is 0.0323. The van der Waals surface area contributed by atoms with Gasteiger partial charge < -0.3 is 5.32 Å². The second kappa shape index (κ2) is 7.18. The van der Waals surface area contributed by atoms with Gasteiger partial charge in [-0.25, -0.2) is 8.42 Å². The predicted octanol–water partition coefficient (Wildman–Crippen LogP) is 4.30. The number of sulfonamides is 1. The molecule has 1 amide bonds. The first-order chi connectivity index (χ1) is 13.7.